The maximum atomic E-state index is 12.2. The lowest BCUT2D eigenvalue weighted by atomic mass is 9.93. The quantitative estimate of drug-likeness (QED) is 0.890. The Morgan fingerprint density at radius 2 is 2.47 bits per heavy atom. The van der Waals surface area contributed by atoms with Gasteiger partial charge in [0.1, 0.15) is 0 Å². The summed E-state index contributed by atoms with van der Waals surface area (Å²) in [4.78, 5) is 16.4. The smallest absolute Gasteiger partial charge is 0.246 e. The van der Waals surface area contributed by atoms with Gasteiger partial charge in [-0.3, -0.25) is 4.79 Å². The summed E-state index contributed by atoms with van der Waals surface area (Å²) in [5.41, 5.74) is 0.574. The van der Waals surface area contributed by atoms with Crippen LogP contribution in [0.2, 0.25) is 0 Å². The highest BCUT2D eigenvalue weighted by atomic mass is 35.5. The number of hydrogen-bond donors (Lipinski definition) is 2. The maximum absolute atomic E-state index is 12.2. The normalized spacial score (nSPS) is 23.2. The average Bonchev–Trinajstić information content (AvgIpc) is 2.88. The molecule has 96 valence electrons. The number of hydrogen-bond acceptors (Lipinski definition) is 4. The van der Waals surface area contributed by atoms with E-state index in [1.807, 2.05) is 19.2 Å². The van der Waals surface area contributed by atoms with Crippen molar-refractivity contribution >= 4 is 34.8 Å². The Kier molecular flexibility index (Phi) is 4.91. The van der Waals surface area contributed by atoms with Gasteiger partial charge >= 0.3 is 0 Å². The molecule has 6 heteroatoms. The molecule has 1 aliphatic heterocycles. The van der Waals surface area contributed by atoms with Crippen LogP contribution in [0.25, 0.3) is 0 Å². The number of amides is 1. The van der Waals surface area contributed by atoms with Gasteiger partial charge in [0, 0.05) is 5.38 Å². The zero-order valence-corrected chi connectivity index (χ0v) is 11.7. The van der Waals surface area contributed by atoms with Gasteiger partial charge in [-0.1, -0.05) is 6.92 Å². The number of nitrogens with zero attached hydrogens (tertiary/aromatic N) is 1. The van der Waals surface area contributed by atoms with Crippen LogP contribution < -0.4 is 10.6 Å². The summed E-state index contributed by atoms with van der Waals surface area (Å²) in [6.07, 6.45) is 2.81. The van der Waals surface area contributed by atoms with Gasteiger partial charge in [-0.05, 0) is 32.7 Å². The second-order valence-electron chi connectivity index (χ2n) is 4.21. The van der Waals surface area contributed by atoms with E-state index < -0.39 is 0 Å². The van der Waals surface area contributed by atoms with Crippen molar-refractivity contribution in [2.24, 2.45) is 0 Å². The molecule has 4 nitrogen and oxygen atoms in total. The summed E-state index contributed by atoms with van der Waals surface area (Å²) in [5, 5.41) is 8.85. The molecule has 1 aromatic heterocycles. The lowest BCUT2D eigenvalue weighted by molar-refractivity contribution is -0.122. The summed E-state index contributed by atoms with van der Waals surface area (Å²) < 4.78 is 0. The largest absolute Gasteiger partial charge is 0.303 e. The first kappa shape index (κ1) is 14.4. The predicted octanol–water partition coefficient (Wildman–Crippen LogP) is 2.34. The minimum atomic E-state index is -0.375. The highest BCUT2D eigenvalue weighted by Gasteiger charge is 2.39. The molecule has 1 amide bonds. The second-order valence-corrected chi connectivity index (χ2v) is 5.07. The molecular formula is C11H18ClN3OS. The predicted molar refractivity (Wildman–Crippen MR) is 73.0 cm³/mol. The fourth-order valence-electron chi connectivity index (χ4n) is 2.09. The van der Waals surface area contributed by atoms with E-state index in [2.05, 4.69) is 15.6 Å². The van der Waals surface area contributed by atoms with Crippen molar-refractivity contribution in [1.29, 1.82) is 0 Å². The van der Waals surface area contributed by atoms with Gasteiger partial charge in [0.25, 0.3) is 0 Å². The zero-order valence-electron chi connectivity index (χ0n) is 10.1. The van der Waals surface area contributed by atoms with Crippen molar-refractivity contribution in [2.75, 3.05) is 11.9 Å². The molecule has 0 aromatic carbocycles. The molecule has 1 fully saturated rings. The molecule has 2 N–H and O–H groups in total. The van der Waals surface area contributed by atoms with Crippen LogP contribution in [0.5, 0.6) is 0 Å². The number of carbonyl (C=O) groups is 1. The summed E-state index contributed by atoms with van der Waals surface area (Å²) >= 11 is 1.48. The number of nitrogens with one attached hydrogen (secondary N) is 2. The Labute approximate surface area is 112 Å². The summed E-state index contributed by atoms with van der Waals surface area (Å²) in [6, 6.07) is 0. The lowest BCUT2D eigenvalue weighted by Crippen LogP contribution is -2.50. The van der Waals surface area contributed by atoms with Crippen molar-refractivity contribution in [3.63, 3.8) is 0 Å². The third kappa shape index (κ3) is 2.97. The van der Waals surface area contributed by atoms with Gasteiger partial charge in [-0.15, -0.1) is 23.7 Å². The first-order valence-corrected chi connectivity index (χ1v) is 6.53. The standard InChI is InChI=1S/C11H17N3OS.ClH/c1-3-11(5-4-6-12-11)9(15)14-10-13-8(2)7-16-10;/h7,12H,3-6H2,1-2H3,(H,13,14,15);1H. The Balaban J connectivity index is 0.00000144. The van der Waals surface area contributed by atoms with Gasteiger partial charge in [0.15, 0.2) is 5.13 Å². The number of anilines is 1. The van der Waals surface area contributed by atoms with Crippen molar-refractivity contribution in [2.45, 2.75) is 38.6 Å². The molecule has 17 heavy (non-hydrogen) atoms. The van der Waals surface area contributed by atoms with Gasteiger partial charge in [0.2, 0.25) is 5.91 Å². The molecular weight excluding hydrogens is 258 g/mol. The van der Waals surface area contributed by atoms with Crippen molar-refractivity contribution in [1.82, 2.24) is 10.3 Å². The SMILES string of the molecule is CCC1(C(=O)Nc2nc(C)cs2)CCCN1.Cl. The summed E-state index contributed by atoms with van der Waals surface area (Å²) in [7, 11) is 0. The molecule has 1 atom stereocenters. The van der Waals surface area contributed by atoms with E-state index in [1.165, 1.54) is 11.3 Å². The Hall–Kier alpha value is -0.650. The monoisotopic (exact) mass is 275 g/mol. The van der Waals surface area contributed by atoms with E-state index in [9.17, 15) is 4.79 Å². The molecule has 1 saturated heterocycles. The van der Waals surface area contributed by atoms with Gasteiger partial charge in [-0.2, -0.15) is 0 Å². The number of aryl methyl sites for hydroxylation is 1. The first-order chi connectivity index (χ1) is 7.66. The van der Waals surface area contributed by atoms with Crippen LogP contribution in [0.4, 0.5) is 5.13 Å². The highest BCUT2D eigenvalue weighted by molar-refractivity contribution is 7.13. The van der Waals surface area contributed by atoms with Crippen LogP contribution in [0.15, 0.2) is 5.38 Å². The Bertz CT molecular complexity index is 388. The second kappa shape index (κ2) is 5.80. The fourth-order valence-corrected chi connectivity index (χ4v) is 2.77. The Morgan fingerprint density at radius 1 is 1.71 bits per heavy atom. The molecule has 1 aromatic rings. The molecule has 1 aliphatic rings. The van der Waals surface area contributed by atoms with Crippen molar-refractivity contribution < 1.29 is 4.79 Å². The third-order valence-electron chi connectivity index (χ3n) is 3.12. The van der Waals surface area contributed by atoms with E-state index >= 15 is 0 Å². The van der Waals surface area contributed by atoms with Crippen LogP contribution in [0.1, 0.15) is 31.9 Å². The zero-order chi connectivity index (χ0) is 11.6. The molecule has 1 unspecified atom stereocenters. The van der Waals surface area contributed by atoms with Crippen molar-refractivity contribution in [3.05, 3.63) is 11.1 Å². The number of thiazole rings is 1. The lowest BCUT2D eigenvalue weighted by Gasteiger charge is -2.25. The fraction of sp³-hybridized carbons (Fsp3) is 0.636. The molecule has 0 bridgehead atoms. The number of aromatic nitrogens is 1. The number of halogens is 1. The maximum Gasteiger partial charge on any atom is 0.246 e. The average molecular weight is 276 g/mol. The van der Waals surface area contributed by atoms with E-state index in [1.54, 1.807) is 0 Å². The summed E-state index contributed by atoms with van der Waals surface area (Å²) in [6.45, 7) is 4.90. The van der Waals surface area contributed by atoms with Crippen LogP contribution in [-0.4, -0.2) is 23.0 Å². The van der Waals surface area contributed by atoms with E-state index in [4.69, 9.17) is 0 Å². The molecule has 0 radical (unpaired) electrons. The van der Waals surface area contributed by atoms with Crippen LogP contribution in [0.3, 0.4) is 0 Å². The van der Waals surface area contributed by atoms with E-state index in [0.29, 0.717) is 5.13 Å². The topological polar surface area (TPSA) is 54.0 Å². The van der Waals surface area contributed by atoms with Gasteiger partial charge in [-0.25, -0.2) is 4.98 Å². The van der Waals surface area contributed by atoms with Crippen LogP contribution in [0, 0.1) is 6.92 Å². The molecule has 2 heterocycles. The van der Waals surface area contributed by atoms with E-state index in [-0.39, 0.29) is 23.9 Å². The first-order valence-electron chi connectivity index (χ1n) is 5.65. The highest BCUT2D eigenvalue weighted by Crippen LogP contribution is 2.25. The van der Waals surface area contributed by atoms with E-state index in [0.717, 1.165) is 31.5 Å². The summed E-state index contributed by atoms with van der Waals surface area (Å²) in [5.74, 6) is 0.0573. The molecule has 0 saturated carbocycles. The number of carbonyl (C=O) groups excluding carboxylic acids is 1. The molecule has 2 rings (SSSR count). The van der Waals surface area contributed by atoms with Gasteiger partial charge < -0.3 is 10.6 Å². The van der Waals surface area contributed by atoms with Crippen LogP contribution >= 0.6 is 23.7 Å². The third-order valence-corrected chi connectivity index (χ3v) is 4.00. The molecule has 0 aliphatic carbocycles. The van der Waals surface area contributed by atoms with Gasteiger partial charge in [0.05, 0.1) is 11.2 Å². The van der Waals surface area contributed by atoms with Crippen molar-refractivity contribution in [3.8, 4) is 0 Å². The molecule has 0 spiro atoms. The van der Waals surface area contributed by atoms with Crippen LogP contribution in [-0.2, 0) is 4.79 Å². The minimum absolute atomic E-state index is 0. The number of rotatable bonds is 3. The minimum Gasteiger partial charge on any atom is -0.303 e. The Morgan fingerprint density at radius 3 is 2.94 bits per heavy atom.